The maximum absolute atomic E-state index is 12.2. The van der Waals surface area contributed by atoms with E-state index in [0.717, 1.165) is 16.0 Å². The van der Waals surface area contributed by atoms with E-state index in [-0.39, 0.29) is 0 Å². The average molecular weight is 466 g/mol. The summed E-state index contributed by atoms with van der Waals surface area (Å²) in [6.07, 6.45) is 1.60. The van der Waals surface area contributed by atoms with Crippen LogP contribution in [0, 0.1) is 13.8 Å². The van der Waals surface area contributed by atoms with Crippen molar-refractivity contribution < 1.29 is 19.1 Å². The second kappa shape index (κ2) is 12.3. The number of hydrogen-bond donors (Lipinski definition) is 2. The zero-order valence-electron chi connectivity index (χ0n) is 19.0. The highest BCUT2D eigenvalue weighted by Crippen LogP contribution is 2.28. The number of thioether (sulfide) groups is 1. The van der Waals surface area contributed by atoms with Crippen LogP contribution in [0.1, 0.15) is 21.5 Å². The van der Waals surface area contributed by atoms with Gasteiger partial charge in [0.2, 0.25) is 0 Å². The Hall–Kier alpha value is -3.78. The van der Waals surface area contributed by atoms with Crippen LogP contribution in [0.15, 0.2) is 77.7 Å². The highest BCUT2D eigenvalue weighted by molar-refractivity contribution is 7.98. The summed E-state index contributed by atoms with van der Waals surface area (Å²) in [5, 5.41) is 2.41. The van der Waals surface area contributed by atoms with Crippen LogP contribution in [0.25, 0.3) is 0 Å². The minimum Gasteiger partial charge on any atom is -0.410 e. The summed E-state index contributed by atoms with van der Waals surface area (Å²) in [4.78, 5) is 36.9. The van der Waals surface area contributed by atoms with Gasteiger partial charge in [-0.2, -0.15) is 0 Å². The number of carbonyl (C=O) groups is 3. The lowest BCUT2D eigenvalue weighted by molar-refractivity contribution is 0.0995. The van der Waals surface area contributed by atoms with Crippen LogP contribution in [-0.2, 0) is 0 Å². The number of aryl methyl sites for hydroxylation is 2. The van der Waals surface area contributed by atoms with Crippen molar-refractivity contribution in [2.24, 2.45) is 5.73 Å². The molecule has 7 nitrogen and oxygen atoms in total. The van der Waals surface area contributed by atoms with Gasteiger partial charge in [-0.05, 0) is 67.6 Å². The normalized spacial score (nSPS) is 9.82. The Morgan fingerprint density at radius 3 is 1.88 bits per heavy atom. The highest BCUT2D eigenvalue weighted by Gasteiger charge is 2.21. The second-order valence-corrected chi connectivity index (χ2v) is 7.73. The van der Waals surface area contributed by atoms with Crippen molar-refractivity contribution in [2.45, 2.75) is 18.7 Å². The van der Waals surface area contributed by atoms with Gasteiger partial charge in [-0.1, -0.05) is 36.4 Å². The smallest absolute Gasteiger partial charge is 0.410 e. The van der Waals surface area contributed by atoms with E-state index in [0.29, 0.717) is 17.0 Å². The van der Waals surface area contributed by atoms with Gasteiger partial charge in [0.15, 0.2) is 0 Å². The molecule has 0 aliphatic rings. The van der Waals surface area contributed by atoms with Crippen LogP contribution in [0.5, 0.6) is 5.75 Å². The lowest BCUT2D eigenvalue weighted by Gasteiger charge is -2.18. The van der Waals surface area contributed by atoms with Crippen LogP contribution in [0.3, 0.4) is 0 Å². The number of hydrogen-bond acceptors (Lipinski definition) is 5. The Labute approximate surface area is 197 Å². The standard InChI is InChI=1S/C14H12N2O2.C11H15NO2S/c15-14(18)16(12-9-5-2-6-10-12)13(17)11-7-3-1-4-8-11;1-7-5-9(14-11(13)12-3)6-8(2)10(7)15-4/h1-10H,(H2,15,18);5-6H,1-4H3,(H,12,13). The Bertz CT molecular complexity index is 1080. The first-order valence-electron chi connectivity index (χ1n) is 10.1. The van der Waals surface area contributed by atoms with Crippen molar-refractivity contribution in [1.82, 2.24) is 5.32 Å². The number of imide groups is 1. The molecule has 4 amide bonds. The maximum atomic E-state index is 12.2. The molecule has 0 atom stereocenters. The number of nitrogens with zero attached hydrogens (tertiary/aromatic N) is 1. The summed E-state index contributed by atoms with van der Waals surface area (Å²) in [7, 11) is 1.54. The fourth-order valence-corrected chi connectivity index (χ4v) is 3.84. The van der Waals surface area contributed by atoms with Gasteiger partial charge in [-0.15, -0.1) is 11.8 Å². The molecule has 0 aromatic heterocycles. The molecule has 0 aliphatic heterocycles. The van der Waals surface area contributed by atoms with Gasteiger partial charge in [0.05, 0.1) is 5.69 Å². The molecule has 8 heteroatoms. The first-order chi connectivity index (χ1) is 15.8. The van der Waals surface area contributed by atoms with Crippen LogP contribution in [-0.4, -0.2) is 31.3 Å². The summed E-state index contributed by atoms with van der Waals surface area (Å²) in [6, 6.07) is 20.1. The SMILES string of the molecule is CNC(=O)Oc1cc(C)c(SC)c(C)c1.NC(=O)N(C(=O)c1ccccc1)c1ccccc1. The molecule has 0 fully saturated rings. The lowest BCUT2D eigenvalue weighted by Crippen LogP contribution is -2.40. The molecular weight excluding hydrogens is 438 g/mol. The topological polar surface area (TPSA) is 102 Å². The van der Waals surface area contributed by atoms with E-state index >= 15 is 0 Å². The number of ether oxygens (including phenoxy) is 1. The molecular formula is C25H27N3O4S. The van der Waals surface area contributed by atoms with E-state index in [2.05, 4.69) is 5.32 Å². The molecule has 3 aromatic carbocycles. The molecule has 172 valence electrons. The average Bonchev–Trinajstić information content (AvgIpc) is 2.80. The van der Waals surface area contributed by atoms with Gasteiger partial charge >= 0.3 is 12.1 Å². The Balaban J connectivity index is 0.000000238. The van der Waals surface area contributed by atoms with Gasteiger partial charge in [-0.3, -0.25) is 4.79 Å². The van der Waals surface area contributed by atoms with Crippen LogP contribution in [0.4, 0.5) is 15.3 Å². The summed E-state index contributed by atoms with van der Waals surface area (Å²) in [6.45, 7) is 4.02. The number of para-hydroxylation sites is 1. The first-order valence-corrected chi connectivity index (χ1v) is 11.3. The maximum Gasteiger partial charge on any atom is 0.412 e. The third-order valence-corrected chi connectivity index (χ3v) is 5.56. The minimum absolute atomic E-state index is 0.417. The number of benzene rings is 3. The van der Waals surface area contributed by atoms with E-state index in [1.807, 2.05) is 32.2 Å². The molecule has 0 radical (unpaired) electrons. The van der Waals surface area contributed by atoms with Gasteiger partial charge in [0, 0.05) is 17.5 Å². The van der Waals surface area contributed by atoms with E-state index in [9.17, 15) is 14.4 Å². The Morgan fingerprint density at radius 2 is 1.42 bits per heavy atom. The van der Waals surface area contributed by atoms with E-state index in [4.69, 9.17) is 10.5 Å². The van der Waals surface area contributed by atoms with Gasteiger partial charge in [0.25, 0.3) is 5.91 Å². The van der Waals surface area contributed by atoms with Gasteiger partial charge in [0.1, 0.15) is 5.75 Å². The highest BCUT2D eigenvalue weighted by atomic mass is 32.2. The number of amides is 4. The molecule has 0 heterocycles. The summed E-state index contributed by atoms with van der Waals surface area (Å²) < 4.78 is 5.07. The van der Waals surface area contributed by atoms with Crippen LogP contribution < -0.4 is 20.7 Å². The first kappa shape index (κ1) is 25.5. The molecule has 0 spiro atoms. The molecule has 3 aromatic rings. The molecule has 0 bridgehead atoms. The van der Waals surface area contributed by atoms with Crippen molar-refractivity contribution in [3.8, 4) is 5.75 Å². The minimum atomic E-state index is -0.796. The molecule has 33 heavy (non-hydrogen) atoms. The van der Waals surface area contributed by atoms with E-state index in [1.165, 1.54) is 11.9 Å². The third-order valence-electron chi connectivity index (χ3n) is 4.51. The second-order valence-electron chi connectivity index (χ2n) is 6.91. The van der Waals surface area contributed by atoms with Crippen molar-refractivity contribution in [3.63, 3.8) is 0 Å². The van der Waals surface area contributed by atoms with Crippen molar-refractivity contribution in [1.29, 1.82) is 0 Å². The fourth-order valence-electron chi connectivity index (χ4n) is 3.08. The Kier molecular flexibility index (Phi) is 9.50. The fraction of sp³-hybridized carbons (Fsp3) is 0.160. The number of anilines is 1. The van der Waals surface area contributed by atoms with Crippen molar-refractivity contribution in [2.75, 3.05) is 18.2 Å². The molecule has 0 saturated carbocycles. The molecule has 0 aliphatic carbocycles. The largest absolute Gasteiger partial charge is 0.412 e. The molecule has 0 unspecified atom stereocenters. The number of primary amides is 1. The summed E-state index contributed by atoms with van der Waals surface area (Å²) in [5.74, 6) is 0.149. The van der Waals surface area contributed by atoms with E-state index in [1.54, 1.807) is 72.4 Å². The number of nitrogens with two attached hydrogens (primary N) is 1. The molecule has 3 rings (SSSR count). The predicted octanol–water partition coefficient (Wildman–Crippen LogP) is 5.16. The zero-order chi connectivity index (χ0) is 24.4. The number of carbonyl (C=O) groups excluding carboxylic acids is 3. The number of rotatable bonds is 4. The van der Waals surface area contributed by atoms with Crippen molar-refractivity contribution >= 4 is 35.5 Å². The lowest BCUT2D eigenvalue weighted by atomic mass is 10.1. The summed E-state index contributed by atoms with van der Waals surface area (Å²) in [5.41, 5.74) is 8.40. The predicted molar refractivity (Wildman–Crippen MR) is 132 cm³/mol. The number of nitrogens with one attached hydrogen (secondary N) is 1. The van der Waals surface area contributed by atoms with Crippen molar-refractivity contribution in [3.05, 3.63) is 89.5 Å². The molecule has 3 N–H and O–H groups in total. The quantitative estimate of drug-likeness (QED) is 0.519. The number of urea groups is 1. The van der Waals surface area contributed by atoms with E-state index < -0.39 is 18.0 Å². The monoisotopic (exact) mass is 465 g/mol. The van der Waals surface area contributed by atoms with Gasteiger partial charge in [-0.25, -0.2) is 14.5 Å². The zero-order valence-corrected chi connectivity index (χ0v) is 19.8. The van der Waals surface area contributed by atoms with Gasteiger partial charge < -0.3 is 15.8 Å². The molecule has 0 saturated heterocycles. The Morgan fingerprint density at radius 1 is 0.909 bits per heavy atom. The van der Waals surface area contributed by atoms with Crippen LogP contribution in [0.2, 0.25) is 0 Å². The van der Waals surface area contributed by atoms with Crippen LogP contribution >= 0.6 is 11.8 Å². The third kappa shape index (κ3) is 7.11. The summed E-state index contributed by atoms with van der Waals surface area (Å²) >= 11 is 1.70.